The van der Waals surface area contributed by atoms with E-state index in [1.54, 1.807) is 4.90 Å². The molecule has 0 aromatic carbocycles. The topological polar surface area (TPSA) is 45.5 Å². The van der Waals surface area contributed by atoms with Crippen molar-refractivity contribution in [3.8, 4) is 0 Å². The van der Waals surface area contributed by atoms with Gasteiger partial charge in [0, 0.05) is 13.1 Å². The maximum absolute atomic E-state index is 11.4. The largest absolute Gasteiger partial charge is 0.464 e. The average Bonchev–Trinajstić information content (AvgIpc) is 2.73. The fourth-order valence-electron chi connectivity index (χ4n) is 1.69. The summed E-state index contributed by atoms with van der Waals surface area (Å²) >= 11 is 0. The van der Waals surface area contributed by atoms with Crippen LogP contribution in [0.4, 0.5) is 4.79 Å². The lowest BCUT2D eigenvalue weighted by Crippen LogP contribution is -2.30. The van der Waals surface area contributed by atoms with E-state index in [0.717, 1.165) is 24.6 Å². The number of amides is 2. The van der Waals surface area contributed by atoms with E-state index in [1.165, 1.54) is 0 Å². The van der Waals surface area contributed by atoms with Gasteiger partial charge in [-0.1, -0.05) is 0 Å². The molecule has 1 aliphatic heterocycles. The van der Waals surface area contributed by atoms with Crippen LogP contribution in [0.3, 0.4) is 0 Å². The minimum atomic E-state index is -0.00782. The van der Waals surface area contributed by atoms with E-state index in [-0.39, 0.29) is 12.1 Å². The van der Waals surface area contributed by atoms with E-state index in [9.17, 15) is 4.79 Å². The predicted molar refractivity (Wildman–Crippen MR) is 52.0 cm³/mol. The van der Waals surface area contributed by atoms with Crippen molar-refractivity contribution >= 4 is 6.03 Å². The van der Waals surface area contributed by atoms with Crippen molar-refractivity contribution in [1.29, 1.82) is 0 Å². The minimum Gasteiger partial charge on any atom is -0.464 e. The first-order valence-corrected chi connectivity index (χ1v) is 4.79. The zero-order valence-electron chi connectivity index (χ0n) is 8.41. The molecule has 14 heavy (non-hydrogen) atoms. The number of urea groups is 1. The highest BCUT2D eigenvalue weighted by molar-refractivity contribution is 5.76. The summed E-state index contributed by atoms with van der Waals surface area (Å²) in [5, 5.41) is 2.77. The summed E-state index contributed by atoms with van der Waals surface area (Å²) in [6, 6.07) is 3.85. The van der Waals surface area contributed by atoms with Crippen molar-refractivity contribution in [3.05, 3.63) is 23.7 Å². The fraction of sp³-hybridized carbons (Fsp3) is 0.500. The highest BCUT2D eigenvalue weighted by Gasteiger charge is 2.27. The first kappa shape index (κ1) is 9.12. The van der Waals surface area contributed by atoms with E-state index in [2.05, 4.69) is 5.32 Å². The van der Waals surface area contributed by atoms with Gasteiger partial charge >= 0.3 is 6.03 Å². The summed E-state index contributed by atoms with van der Waals surface area (Å²) in [6.45, 7) is 5.35. The fourth-order valence-corrected chi connectivity index (χ4v) is 1.69. The molecule has 1 saturated heterocycles. The molecular weight excluding hydrogens is 180 g/mol. The Kier molecular flexibility index (Phi) is 2.19. The van der Waals surface area contributed by atoms with Crippen LogP contribution in [0.5, 0.6) is 0 Å². The number of carbonyl (C=O) groups excluding carboxylic acids is 1. The van der Waals surface area contributed by atoms with Crippen LogP contribution in [0.15, 0.2) is 16.5 Å². The van der Waals surface area contributed by atoms with Gasteiger partial charge in [-0.2, -0.15) is 0 Å². The van der Waals surface area contributed by atoms with E-state index in [4.69, 9.17) is 4.42 Å². The molecule has 2 amide bonds. The van der Waals surface area contributed by atoms with Crippen LogP contribution in [0.1, 0.15) is 24.5 Å². The van der Waals surface area contributed by atoms with Gasteiger partial charge in [0.15, 0.2) is 0 Å². The highest BCUT2D eigenvalue weighted by atomic mass is 16.3. The minimum absolute atomic E-state index is 0.00782. The monoisotopic (exact) mass is 194 g/mol. The third-order valence-electron chi connectivity index (χ3n) is 2.53. The summed E-state index contributed by atoms with van der Waals surface area (Å²) in [7, 11) is 0. The second-order valence-electron chi connectivity index (χ2n) is 3.55. The molecule has 1 aliphatic rings. The van der Waals surface area contributed by atoms with Gasteiger partial charge in [-0.25, -0.2) is 4.79 Å². The van der Waals surface area contributed by atoms with Crippen molar-refractivity contribution in [2.24, 2.45) is 0 Å². The van der Waals surface area contributed by atoms with Crippen molar-refractivity contribution in [3.63, 3.8) is 0 Å². The van der Waals surface area contributed by atoms with Gasteiger partial charge in [0.25, 0.3) is 0 Å². The molecule has 1 aromatic heterocycles. The number of nitrogens with zero attached hydrogens (tertiary/aromatic N) is 1. The second-order valence-corrected chi connectivity index (χ2v) is 3.55. The van der Waals surface area contributed by atoms with Gasteiger partial charge in [-0.15, -0.1) is 0 Å². The maximum atomic E-state index is 11.4. The predicted octanol–water partition coefficient (Wildman–Crippen LogP) is 1.67. The molecule has 2 heterocycles. The Morgan fingerprint density at radius 3 is 2.86 bits per heavy atom. The maximum Gasteiger partial charge on any atom is 0.318 e. The van der Waals surface area contributed by atoms with Crippen LogP contribution in [0, 0.1) is 6.92 Å². The Morgan fingerprint density at radius 2 is 2.36 bits per heavy atom. The SMILES string of the molecule is Cc1ccc(C(C)N2CCNC2=O)o1. The smallest absolute Gasteiger partial charge is 0.318 e. The number of nitrogens with one attached hydrogen (secondary N) is 1. The summed E-state index contributed by atoms with van der Waals surface area (Å²) < 4.78 is 5.48. The van der Waals surface area contributed by atoms with Crippen molar-refractivity contribution in [2.45, 2.75) is 19.9 Å². The lowest BCUT2D eigenvalue weighted by molar-refractivity contribution is 0.194. The van der Waals surface area contributed by atoms with E-state index in [0.29, 0.717) is 0 Å². The lowest BCUT2D eigenvalue weighted by atomic mass is 10.2. The molecule has 76 valence electrons. The molecule has 0 radical (unpaired) electrons. The van der Waals surface area contributed by atoms with Crippen LogP contribution < -0.4 is 5.32 Å². The molecule has 1 atom stereocenters. The first-order valence-electron chi connectivity index (χ1n) is 4.79. The van der Waals surface area contributed by atoms with Crippen molar-refractivity contribution in [1.82, 2.24) is 10.2 Å². The Balaban J connectivity index is 2.15. The molecule has 0 aliphatic carbocycles. The zero-order chi connectivity index (χ0) is 10.1. The van der Waals surface area contributed by atoms with Gasteiger partial charge < -0.3 is 14.6 Å². The third kappa shape index (κ3) is 1.47. The summed E-state index contributed by atoms with van der Waals surface area (Å²) in [6.07, 6.45) is 0. The quantitative estimate of drug-likeness (QED) is 0.778. The number of carbonyl (C=O) groups is 1. The molecule has 0 spiro atoms. The molecule has 1 aromatic rings. The summed E-state index contributed by atoms with van der Waals surface area (Å²) in [5.41, 5.74) is 0. The zero-order valence-corrected chi connectivity index (χ0v) is 8.41. The molecule has 1 fully saturated rings. The van der Waals surface area contributed by atoms with Gasteiger partial charge in [0.2, 0.25) is 0 Å². The van der Waals surface area contributed by atoms with E-state index in [1.807, 2.05) is 26.0 Å². The molecule has 0 bridgehead atoms. The van der Waals surface area contributed by atoms with Crippen LogP contribution in [-0.4, -0.2) is 24.0 Å². The van der Waals surface area contributed by atoms with Crippen LogP contribution in [0.2, 0.25) is 0 Å². The van der Waals surface area contributed by atoms with Crippen LogP contribution in [-0.2, 0) is 0 Å². The van der Waals surface area contributed by atoms with Gasteiger partial charge in [-0.05, 0) is 26.0 Å². The Labute approximate surface area is 82.9 Å². The Morgan fingerprint density at radius 1 is 1.57 bits per heavy atom. The van der Waals surface area contributed by atoms with Gasteiger partial charge in [0.1, 0.15) is 11.5 Å². The number of hydrogen-bond donors (Lipinski definition) is 1. The Bertz CT molecular complexity index is 346. The number of aryl methyl sites for hydroxylation is 1. The number of hydrogen-bond acceptors (Lipinski definition) is 2. The summed E-state index contributed by atoms with van der Waals surface area (Å²) in [5.74, 6) is 1.73. The lowest BCUT2D eigenvalue weighted by Gasteiger charge is -2.20. The normalized spacial score (nSPS) is 18.4. The molecule has 2 rings (SSSR count). The highest BCUT2D eigenvalue weighted by Crippen LogP contribution is 2.23. The molecular formula is C10H14N2O2. The van der Waals surface area contributed by atoms with Gasteiger partial charge in [0.05, 0.1) is 6.04 Å². The standard InChI is InChI=1S/C10H14N2O2/c1-7-3-4-9(14-7)8(2)12-6-5-11-10(12)13/h3-4,8H,5-6H2,1-2H3,(H,11,13). The van der Waals surface area contributed by atoms with Crippen LogP contribution in [0.25, 0.3) is 0 Å². The number of rotatable bonds is 2. The third-order valence-corrected chi connectivity index (χ3v) is 2.53. The van der Waals surface area contributed by atoms with Crippen molar-refractivity contribution in [2.75, 3.05) is 13.1 Å². The van der Waals surface area contributed by atoms with E-state index < -0.39 is 0 Å². The molecule has 4 heteroatoms. The number of furan rings is 1. The average molecular weight is 194 g/mol. The molecule has 1 N–H and O–H groups in total. The molecule has 0 saturated carbocycles. The van der Waals surface area contributed by atoms with Gasteiger partial charge in [-0.3, -0.25) is 0 Å². The molecule has 4 nitrogen and oxygen atoms in total. The molecule has 1 unspecified atom stereocenters. The van der Waals surface area contributed by atoms with Crippen molar-refractivity contribution < 1.29 is 9.21 Å². The van der Waals surface area contributed by atoms with E-state index >= 15 is 0 Å². The van der Waals surface area contributed by atoms with Crippen LogP contribution >= 0.6 is 0 Å². The summed E-state index contributed by atoms with van der Waals surface area (Å²) in [4.78, 5) is 13.1. The Hall–Kier alpha value is -1.45. The second kappa shape index (κ2) is 3.36. The first-order chi connectivity index (χ1) is 6.68.